The number of aryl methyl sites for hydroxylation is 2. The number of nitrogens with one attached hydrogen (secondary N) is 2. The highest BCUT2D eigenvalue weighted by Gasteiger charge is 2.15. The summed E-state index contributed by atoms with van der Waals surface area (Å²) in [6, 6.07) is 20.3. The van der Waals surface area contributed by atoms with E-state index in [-0.39, 0.29) is 11.8 Å². The van der Waals surface area contributed by atoms with E-state index in [9.17, 15) is 9.59 Å². The number of hydrogen-bond acceptors (Lipinski definition) is 3. The van der Waals surface area contributed by atoms with Crippen LogP contribution in [-0.2, 0) is 12.8 Å². The Balaban J connectivity index is 1.33. The third-order valence-electron chi connectivity index (χ3n) is 5.26. The molecule has 0 spiro atoms. The highest BCUT2D eigenvalue weighted by Crippen LogP contribution is 2.26. The number of hydrogen-bond donors (Lipinski definition) is 2. The molecule has 2 amide bonds. The van der Waals surface area contributed by atoms with Crippen molar-refractivity contribution in [1.82, 2.24) is 5.32 Å². The van der Waals surface area contributed by atoms with Crippen LogP contribution in [0.4, 0.5) is 5.69 Å². The fourth-order valence-corrected chi connectivity index (χ4v) is 4.16. The Morgan fingerprint density at radius 1 is 0.871 bits per heavy atom. The molecule has 0 aromatic heterocycles. The number of carbonyl (C=O) groups excluding carboxylic acids is 2. The standard InChI is InChI=1S/C25H23BrN2O3/c26-22-10-3-1-8-20(22)25(30)28-23-11-4-2-9-21(23)24(29)27-14-15-31-19-13-12-17-6-5-7-18(17)16-19/h1-4,8-13,16H,5-7,14-15H2,(H,27,29)(H,28,30). The summed E-state index contributed by atoms with van der Waals surface area (Å²) in [6.45, 7) is 0.735. The zero-order chi connectivity index (χ0) is 21.6. The average molecular weight is 479 g/mol. The van der Waals surface area contributed by atoms with E-state index < -0.39 is 0 Å². The van der Waals surface area contributed by atoms with E-state index >= 15 is 0 Å². The fourth-order valence-electron chi connectivity index (χ4n) is 3.69. The summed E-state index contributed by atoms with van der Waals surface area (Å²) in [5, 5.41) is 5.69. The minimum Gasteiger partial charge on any atom is -0.492 e. The van der Waals surface area contributed by atoms with E-state index in [0.717, 1.165) is 18.6 Å². The molecule has 158 valence electrons. The summed E-state index contributed by atoms with van der Waals surface area (Å²) in [6.07, 6.45) is 3.44. The molecular formula is C25H23BrN2O3. The van der Waals surface area contributed by atoms with E-state index in [1.807, 2.05) is 12.1 Å². The highest BCUT2D eigenvalue weighted by atomic mass is 79.9. The largest absolute Gasteiger partial charge is 0.492 e. The van der Waals surface area contributed by atoms with Crippen LogP contribution in [0.5, 0.6) is 5.75 Å². The Kier molecular flexibility index (Phi) is 6.67. The molecule has 0 unspecified atom stereocenters. The first-order chi connectivity index (χ1) is 15.1. The lowest BCUT2D eigenvalue weighted by atomic mass is 10.1. The number of anilines is 1. The summed E-state index contributed by atoms with van der Waals surface area (Å²) in [7, 11) is 0. The molecule has 0 radical (unpaired) electrons. The van der Waals surface area contributed by atoms with Crippen LogP contribution in [0.15, 0.2) is 71.2 Å². The van der Waals surface area contributed by atoms with Gasteiger partial charge in [0.2, 0.25) is 0 Å². The van der Waals surface area contributed by atoms with Crippen molar-refractivity contribution in [2.75, 3.05) is 18.5 Å². The van der Waals surface area contributed by atoms with Gasteiger partial charge in [0.25, 0.3) is 11.8 Å². The fraction of sp³-hybridized carbons (Fsp3) is 0.200. The van der Waals surface area contributed by atoms with Gasteiger partial charge in [-0.25, -0.2) is 0 Å². The Bertz CT molecular complexity index is 1110. The molecule has 0 saturated carbocycles. The van der Waals surface area contributed by atoms with Crippen LogP contribution >= 0.6 is 15.9 Å². The number of amides is 2. The molecule has 1 aliphatic rings. The summed E-state index contributed by atoms with van der Waals surface area (Å²) >= 11 is 3.38. The second-order valence-corrected chi connectivity index (χ2v) is 8.22. The van der Waals surface area contributed by atoms with Gasteiger partial charge >= 0.3 is 0 Å². The number of fused-ring (bicyclic) bond motifs is 1. The second kappa shape index (κ2) is 9.79. The first-order valence-electron chi connectivity index (χ1n) is 10.3. The molecule has 31 heavy (non-hydrogen) atoms. The zero-order valence-electron chi connectivity index (χ0n) is 17.0. The molecule has 1 aliphatic carbocycles. The predicted octanol–water partition coefficient (Wildman–Crippen LogP) is 5.00. The van der Waals surface area contributed by atoms with Gasteiger partial charge in [-0.2, -0.15) is 0 Å². The van der Waals surface area contributed by atoms with E-state index in [4.69, 9.17) is 4.74 Å². The third kappa shape index (κ3) is 5.14. The highest BCUT2D eigenvalue weighted by molar-refractivity contribution is 9.10. The molecule has 2 N–H and O–H groups in total. The number of para-hydroxylation sites is 1. The smallest absolute Gasteiger partial charge is 0.256 e. The Hall–Kier alpha value is -3.12. The molecular weight excluding hydrogens is 456 g/mol. The van der Waals surface area contributed by atoms with E-state index in [1.165, 1.54) is 17.5 Å². The van der Waals surface area contributed by atoms with Crippen molar-refractivity contribution in [2.45, 2.75) is 19.3 Å². The maximum absolute atomic E-state index is 12.7. The molecule has 0 saturated heterocycles. The maximum atomic E-state index is 12.7. The van der Waals surface area contributed by atoms with Crippen molar-refractivity contribution in [1.29, 1.82) is 0 Å². The van der Waals surface area contributed by atoms with Gasteiger partial charge in [-0.05, 0) is 82.7 Å². The summed E-state index contributed by atoms with van der Waals surface area (Å²) in [4.78, 5) is 25.3. The van der Waals surface area contributed by atoms with Crippen molar-refractivity contribution in [3.05, 3.63) is 93.5 Å². The molecule has 0 aliphatic heterocycles. The number of halogens is 1. The van der Waals surface area contributed by atoms with E-state index in [0.29, 0.717) is 34.4 Å². The Morgan fingerprint density at radius 3 is 2.45 bits per heavy atom. The van der Waals surface area contributed by atoms with Gasteiger partial charge in [0, 0.05) is 4.47 Å². The quantitative estimate of drug-likeness (QED) is 0.469. The minimum atomic E-state index is -0.285. The normalized spacial score (nSPS) is 12.2. The Morgan fingerprint density at radius 2 is 1.61 bits per heavy atom. The number of rotatable bonds is 7. The van der Waals surface area contributed by atoms with Gasteiger partial charge in [0.15, 0.2) is 0 Å². The molecule has 0 atom stereocenters. The lowest BCUT2D eigenvalue weighted by Gasteiger charge is -2.13. The van der Waals surface area contributed by atoms with Crippen LogP contribution in [0.25, 0.3) is 0 Å². The van der Waals surface area contributed by atoms with Gasteiger partial charge in [0.1, 0.15) is 12.4 Å². The average Bonchev–Trinajstić information content (AvgIpc) is 3.25. The molecule has 0 bridgehead atoms. The van der Waals surface area contributed by atoms with Crippen LogP contribution in [0.3, 0.4) is 0 Å². The first kappa shape index (κ1) is 21.1. The van der Waals surface area contributed by atoms with Crippen LogP contribution in [0, 0.1) is 0 Å². The van der Waals surface area contributed by atoms with Crippen molar-refractivity contribution in [3.63, 3.8) is 0 Å². The summed E-state index contributed by atoms with van der Waals surface area (Å²) in [5.41, 5.74) is 4.12. The molecule has 3 aromatic carbocycles. The third-order valence-corrected chi connectivity index (χ3v) is 5.96. The molecule has 3 aromatic rings. The van der Waals surface area contributed by atoms with Crippen LogP contribution in [0.1, 0.15) is 38.3 Å². The molecule has 4 rings (SSSR count). The molecule has 0 fully saturated rings. The topological polar surface area (TPSA) is 67.4 Å². The minimum absolute atomic E-state index is 0.263. The van der Waals surface area contributed by atoms with Gasteiger partial charge in [0.05, 0.1) is 23.4 Å². The van der Waals surface area contributed by atoms with Gasteiger partial charge in [-0.15, -0.1) is 0 Å². The van der Waals surface area contributed by atoms with Crippen molar-refractivity contribution >= 4 is 33.4 Å². The Labute approximate surface area is 189 Å². The number of ether oxygens (including phenoxy) is 1. The van der Waals surface area contributed by atoms with Crippen molar-refractivity contribution < 1.29 is 14.3 Å². The lowest BCUT2D eigenvalue weighted by molar-refractivity contribution is 0.0948. The van der Waals surface area contributed by atoms with Gasteiger partial charge in [-0.3, -0.25) is 9.59 Å². The summed E-state index contributed by atoms with van der Waals surface area (Å²) in [5.74, 6) is 0.282. The maximum Gasteiger partial charge on any atom is 0.256 e. The van der Waals surface area contributed by atoms with Crippen LogP contribution in [-0.4, -0.2) is 25.0 Å². The monoisotopic (exact) mass is 478 g/mol. The first-order valence-corrected chi connectivity index (χ1v) is 11.1. The second-order valence-electron chi connectivity index (χ2n) is 7.37. The summed E-state index contributed by atoms with van der Waals surface area (Å²) < 4.78 is 6.49. The molecule has 0 heterocycles. The van der Waals surface area contributed by atoms with Crippen molar-refractivity contribution in [3.8, 4) is 5.75 Å². The zero-order valence-corrected chi connectivity index (χ0v) is 18.6. The van der Waals surface area contributed by atoms with Crippen LogP contribution in [0.2, 0.25) is 0 Å². The predicted molar refractivity (Wildman–Crippen MR) is 125 cm³/mol. The lowest BCUT2D eigenvalue weighted by Crippen LogP contribution is -2.29. The number of carbonyl (C=O) groups is 2. The van der Waals surface area contributed by atoms with Crippen molar-refractivity contribution in [2.24, 2.45) is 0 Å². The van der Waals surface area contributed by atoms with E-state index in [1.54, 1.807) is 42.5 Å². The van der Waals surface area contributed by atoms with E-state index in [2.05, 4.69) is 38.7 Å². The molecule has 5 nitrogen and oxygen atoms in total. The van der Waals surface area contributed by atoms with Gasteiger partial charge < -0.3 is 15.4 Å². The van der Waals surface area contributed by atoms with Crippen LogP contribution < -0.4 is 15.4 Å². The van der Waals surface area contributed by atoms with Gasteiger partial charge in [-0.1, -0.05) is 30.3 Å². The number of benzene rings is 3. The molecule has 6 heteroatoms. The SMILES string of the molecule is O=C(Nc1ccccc1C(=O)NCCOc1ccc2c(c1)CCC2)c1ccccc1Br.